The first kappa shape index (κ1) is 17.5. The molecule has 0 rings (SSSR count). The molecule has 3 nitrogen and oxygen atoms in total. The number of allylic oxidation sites excluding steroid dienone is 1. The predicted octanol–water partition coefficient (Wildman–Crippen LogP) is 3.59. The van der Waals surface area contributed by atoms with E-state index in [-0.39, 0.29) is 18.1 Å². The lowest BCUT2D eigenvalue weighted by molar-refractivity contribution is -0.151. The van der Waals surface area contributed by atoms with Crippen molar-refractivity contribution in [2.45, 2.75) is 47.1 Å². The van der Waals surface area contributed by atoms with Crippen LogP contribution in [0.1, 0.15) is 41.5 Å². The molecule has 0 aromatic rings. The number of carbonyl (C=O) groups excluding carboxylic acids is 1. The van der Waals surface area contributed by atoms with Gasteiger partial charge in [-0.25, -0.2) is 0 Å². The number of carbonyl (C=O) groups is 1. The van der Waals surface area contributed by atoms with Gasteiger partial charge >= 0.3 is 5.97 Å². The lowest BCUT2D eigenvalue weighted by Crippen LogP contribution is -2.34. The summed E-state index contributed by atoms with van der Waals surface area (Å²) in [7, 11) is 0. The molecule has 0 fully saturated rings. The third-order valence-electron chi connectivity index (χ3n) is 2.06. The average Bonchev–Trinajstić information content (AvgIpc) is 2.19. The van der Waals surface area contributed by atoms with Crippen molar-refractivity contribution in [2.75, 3.05) is 6.61 Å². The summed E-state index contributed by atoms with van der Waals surface area (Å²) in [5, 5.41) is 3.23. The number of rotatable bonds is 5. The van der Waals surface area contributed by atoms with Gasteiger partial charge in [0.15, 0.2) is 0 Å². The second-order valence-electron chi connectivity index (χ2n) is 6.72. The first-order valence-corrected chi connectivity index (χ1v) is 6.42. The maximum Gasteiger partial charge on any atom is 0.311 e. The molecule has 0 aliphatic heterocycles. The zero-order valence-corrected chi connectivity index (χ0v) is 13.1. The van der Waals surface area contributed by atoms with Crippen molar-refractivity contribution in [1.29, 1.82) is 0 Å². The molecule has 3 heteroatoms. The van der Waals surface area contributed by atoms with Crippen molar-refractivity contribution in [1.82, 2.24) is 5.32 Å². The average molecular weight is 265 g/mol. The molecule has 0 radical (unpaired) electrons. The van der Waals surface area contributed by atoms with Crippen molar-refractivity contribution in [2.24, 2.45) is 5.41 Å². The summed E-state index contributed by atoms with van der Waals surface area (Å²) < 4.78 is 5.16. The smallest absolute Gasteiger partial charge is 0.311 e. The predicted molar refractivity (Wildman–Crippen MR) is 80.7 cm³/mol. The van der Waals surface area contributed by atoms with E-state index in [0.717, 1.165) is 11.3 Å². The van der Waals surface area contributed by atoms with E-state index < -0.39 is 5.41 Å². The Kier molecular flexibility index (Phi) is 6.07. The lowest BCUT2D eigenvalue weighted by Gasteiger charge is -2.22. The zero-order chi connectivity index (χ0) is 15.3. The summed E-state index contributed by atoms with van der Waals surface area (Å²) in [6, 6.07) is 0. The van der Waals surface area contributed by atoms with Gasteiger partial charge in [-0.05, 0) is 53.2 Å². The van der Waals surface area contributed by atoms with E-state index in [1.54, 1.807) is 6.08 Å². The van der Waals surface area contributed by atoms with Gasteiger partial charge in [0.1, 0.15) is 6.61 Å². The highest BCUT2D eigenvalue weighted by molar-refractivity contribution is 5.75. The van der Waals surface area contributed by atoms with Gasteiger partial charge < -0.3 is 10.1 Å². The summed E-state index contributed by atoms with van der Waals surface area (Å²) in [5.74, 6) is -0.228. The molecule has 0 bridgehead atoms. The van der Waals surface area contributed by atoms with Crippen LogP contribution < -0.4 is 5.32 Å². The zero-order valence-electron chi connectivity index (χ0n) is 13.1. The Bertz CT molecular complexity index is 379. The van der Waals surface area contributed by atoms with Gasteiger partial charge in [-0.1, -0.05) is 19.2 Å². The highest BCUT2D eigenvalue weighted by Gasteiger charge is 2.22. The van der Waals surface area contributed by atoms with E-state index in [1.165, 1.54) is 0 Å². The Morgan fingerprint density at radius 3 is 2.05 bits per heavy atom. The van der Waals surface area contributed by atoms with Crippen molar-refractivity contribution in [3.05, 3.63) is 36.6 Å². The number of esters is 1. The number of hydrogen-bond donors (Lipinski definition) is 1. The molecule has 108 valence electrons. The summed E-state index contributed by atoms with van der Waals surface area (Å²) in [4.78, 5) is 11.6. The molecule has 0 aliphatic rings. The highest BCUT2D eigenvalue weighted by atomic mass is 16.5. The number of hydrogen-bond acceptors (Lipinski definition) is 3. The third kappa shape index (κ3) is 9.11. The van der Waals surface area contributed by atoms with Gasteiger partial charge in [0.25, 0.3) is 0 Å². The molecular formula is C16H27NO2. The lowest BCUT2D eigenvalue weighted by atomic mass is 9.97. The topological polar surface area (TPSA) is 38.3 Å². The van der Waals surface area contributed by atoms with Crippen LogP contribution in [0.3, 0.4) is 0 Å². The van der Waals surface area contributed by atoms with E-state index in [2.05, 4.69) is 39.2 Å². The second kappa shape index (κ2) is 6.60. The van der Waals surface area contributed by atoms with Crippen molar-refractivity contribution in [3.63, 3.8) is 0 Å². The molecule has 0 saturated carbocycles. The van der Waals surface area contributed by atoms with Crippen LogP contribution in [0, 0.1) is 5.41 Å². The SMILES string of the molecule is C=C(/C=C\C(=C)NC(C)(C)C)COC(=O)C(C)(C)C. The molecule has 0 amide bonds. The summed E-state index contributed by atoms with van der Waals surface area (Å²) in [5.41, 5.74) is 1.02. The Morgan fingerprint density at radius 2 is 1.63 bits per heavy atom. The van der Waals surface area contributed by atoms with Gasteiger partial charge in [-0.2, -0.15) is 0 Å². The second-order valence-corrected chi connectivity index (χ2v) is 6.72. The summed E-state index contributed by atoms with van der Waals surface area (Å²) in [6.45, 7) is 19.6. The molecule has 0 aromatic heterocycles. The molecule has 0 aromatic carbocycles. The maximum atomic E-state index is 11.6. The van der Waals surface area contributed by atoms with Gasteiger partial charge in [0, 0.05) is 11.2 Å². The minimum atomic E-state index is -0.485. The molecule has 0 spiro atoms. The van der Waals surface area contributed by atoms with Crippen LogP contribution in [0.15, 0.2) is 36.6 Å². The Labute approximate surface area is 117 Å². The molecule has 0 unspecified atom stereocenters. The Hall–Kier alpha value is -1.51. The van der Waals surface area contributed by atoms with Gasteiger partial charge in [0.2, 0.25) is 0 Å². The monoisotopic (exact) mass is 265 g/mol. The van der Waals surface area contributed by atoms with Crippen LogP contribution in [0.4, 0.5) is 0 Å². The minimum absolute atomic E-state index is 0.0263. The summed E-state index contributed by atoms with van der Waals surface area (Å²) in [6.07, 6.45) is 3.63. The number of ether oxygens (including phenoxy) is 1. The molecule has 1 N–H and O–H groups in total. The molecular weight excluding hydrogens is 238 g/mol. The molecule has 0 heterocycles. The Morgan fingerprint density at radius 1 is 1.11 bits per heavy atom. The maximum absolute atomic E-state index is 11.6. The van der Waals surface area contributed by atoms with Gasteiger partial charge in [-0.3, -0.25) is 4.79 Å². The largest absolute Gasteiger partial charge is 0.460 e. The highest BCUT2D eigenvalue weighted by Crippen LogP contribution is 2.15. The van der Waals surface area contributed by atoms with Crippen molar-refractivity contribution >= 4 is 5.97 Å². The van der Waals surface area contributed by atoms with Crippen LogP contribution in [-0.2, 0) is 9.53 Å². The molecule has 0 saturated heterocycles. The van der Waals surface area contributed by atoms with Crippen LogP contribution >= 0.6 is 0 Å². The van der Waals surface area contributed by atoms with E-state index in [4.69, 9.17) is 4.74 Å². The number of nitrogens with one attached hydrogen (secondary N) is 1. The van der Waals surface area contributed by atoms with E-state index >= 15 is 0 Å². The van der Waals surface area contributed by atoms with Crippen molar-refractivity contribution < 1.29 is 9.53 Å². The molecule has 0 aliphatic carbocycles. The standard InChI is InChI=1S/C16H27NO2/c1-12(11-19-14(18)15(3,4)5)9-10-13(2)17-16(6,7)8/h9-10,17H,1-2,11H2,3-8H3/b10-9-. The third-order valence-corrected chi connectivity index (χ3v) is 2.06. The fourth-order valence-corrected chi connectivity index (χ4v) is 1.16. The first-order valence-electron chi connectivity index (χ1n) is 6.42. The molecule has 0 atom stereocenters. The molecule has 19 heavy (non-hydrogen) atoms. The van der Waals surface area contributed by atoms with E-state index in [1.807, 2.05) is 26.8 Å². The van der Waals surface area contributed by atoms with Crippen LogP contribution in [-0.4, -0.2) is 18.1 Å². The fourth-order valence-electron chi connectivity index (χ4n) is 1.16. The van der Waals surface area contributed by atoms with E-state index in [0.29, 0.717) is 0 Å². The van der Waals surface area contributed by atoms with Crippen molar-refractivity contribution in [3.8, 4) is 0 Å². The Balaban J connectivity index is 4.19. The fraction of sp³-hybridized carbons (Fsp3) is 0.562. The van der Waals surface area contributed by atoms with E-state index in [9.17, 15) is 4.79 Å². The van der Waals surface area contributed by atoms with Crippen LogP contribution in [0.5, 0.6) is 0 Å². The van der Waals surface area contributed by atoms with Crippen LogP contribution in [0.2, 0.25) is 0 Å². The summed E-state index contributed by atoms with van der Waals surface area (Å²) >= 11 is 0. The quantitative estimate of drug-likeness (QED) is 0.610. The first-order chi connectivity index (χ1) is 8.42. The van der Waals surface area contributed by atoms with Crippen LogP contribution in [0.25, 0.3) is 0 Å². The van der Waals surface area contributed by atoms with Gasteiger partial charge in [0.05, 0.1) is 5.41 Å². The minimum Gasteiger partial charge on any atom is -0.460 e. The van der Waals surface area contributed by atoms with Gasteiger partial charge in [-0.15, -0.1) is 0 Å². The normalized spacial score (nSPS) is 12.3.